The van der Waals surface area contributed by atoms with Gasteiger partial charge in [-0.1, -0.05) is 19.8 Å². The third kappa shape index (κ3) is 5.27. The molecule has 13 heavy (non-hydrogen) atoms. The fraction of sp³-hybridized carbons (Fsp3) is 1.00. The lowest BCUT2D eigenvalue weighted by Gasteiger charge is -2.14. The Hall–Kier alpha value is -0.0800. The topological polar surface area (TPSA) is 21.3 Å². The van der Waals surface area contributed by atoms with Gasteiger partial charge in [0.1, 0.15) is 0 Å². The number of unbranched alkanes of at least 4 members (excludes halogenated alkanes) is 2. The summed E-state index contributed by atoms with van der Waals surface area (Å²) < 4.78 is 5.82. The Bertz CT molecular complexity index is 109. The SMILES string of the molecule is CCCCCOC1CCCNCC1. The quantitative estimate of drug-likeness (QED) is 0.664. The number of ether oxygens (including phenoxy) is 1. The van der Waals surface area contributed by atoms with Gasteiger partial charge in [0, 0.05) is 6.61 Å². The summed E-state index contributed by atoms with van der Waals surface area (Å²) in [6.45, 7) is 5.52. The second-order valence-corrected chi connectivity index (χ2v) is 3.88. The standard InChI is InChI=1S/C11H23NO/c1-2-3-4-10-13-11-6-5-8-12-9-7-11/h11-12H,2-10H2,1H3. The largest absolute Gasteiger partial charge is 0.378 e. The first kappa shape index (κ1) is 11.0. The van der Waals surface area contributed by atoms with E-state index < -0.39 is 0 Å². The Morgan fingerprint density at radius 2 is 2.15 bits per heavy atom. The molecule has 1 unspecified atom stereocenters. The molecular weight excluding hydrogens is 162 g/mol. The lowest BCUT2D eigenvalue weighted by Crippen LogP contribution is -2.17. The van der Waals surface area contributed by atoms with Crippen molar-refractivity contribution in [1.29, 1.82) is 0 Å². The lowest BCUT2D eigenvalue weighted by molar-refractivity contribution is 0.0431. The van der Waals surface area contributed by atoms with Crippen LogP contribution in [-0.2, 0) is 4.74 Å². The molecule has 1 aliphatic rings. The minimum atomic E-state index is 0.534. The van der Waals surface area contributed by atoms with Crippen molar-refractivity contribution in [1.82, 2.24) is 5.32 Å². The van der Waals surface area contributed by atoms with Crippen LogP contribution in [0.2, 0.25) is 0 Å². The second-order valence-electron chi connectivity index (χ2n) is 3.88. The molecule has 1 fully saturated rings. The fourth-order valence-electron chi connectivity index (χ4n) is 1.76. The highest BCUT2D eigenvalue weighted by atomic mass is 16.5. The summed E-state index contributed by atoms with van der Waals surface area (Å²) in [5.74, 6) is 0. The maximum Gasteiger partial charge on any atom is 0.0587 e. The van der Waals surface area contributed by atoms with Crippen LogP contribution >= 0.6 is 0 Å². The van der Waals surface area contributed by atoms with Crippen molar-refractivity contribution in [3.8, 4) is 0 Å². The molecule has 0 spiro atoms. The van der Waals surface area contributed by atoms with Crippen LogP contribution in [0, 0.1) is 0 Å². The van der Waals surface area contributed by atoms with Crippen molar-refractivity contribution in [2.24, 2.45) is 0 Å². The maximum absolute atomic E-state index is 5.82. The van der Waals surface area contributed by atoms with E-state index in [4.69, 9.17) is 4.74 Å². The molecule has 1 aliphatic heterocycles. The van der Waals surface area contributed by atoms with Crippen LogP contribution in [0.5, 0.6) is 0 Å². The van der Waals surface area contributed by atoms with Gasteiger partial charge in [-0.05, 0) is 38.8 Å². The molecule has 0 aromatic heterocycles. The van der Waals surface area contributed by atoms with Crippen LogP contribution < -0.4 is 5.32 Å². The second kappa shape index (κ2) is 7.34. The summed E-state index contributed by atoms with van der Waals surface area (Å²) >= 11 is 0. The average Bonchev–Trinajstić information content (AvgIpc) is 2.41. The van der Waals surface area contributed by atoms with E-state index in [1.807, 2.05) is 0 Å². The first-order valence-corrected chi connectivity index (χ1v) is 5.76. The van der Waals surface area contributed by atoms with E-state index in [2.05, 4.69) is 12.2 Å². The highest BCUT2D eigenvalue weighted by Gasteiger charge is 2.11. The monoisotopic (exact) mass is 185 g/mol. The van der Waals surface area contributed by atoms with Gasteiger partial charge < -0.3 is 10.1 Å². The molecular formula is C11H23NO. The van der Waals surface area contributed by atoms with Crippen LogP contribution in [0.1, 0.15) is 45.4 Å². The van der Waals surface area contributed by atoms with Gasteiger partial charge in [-0.3, -0.25) is 0 Å². The van der Waals surface area contributed by atoms with Crippen LogP contribution in [-0.4, -0.2) is 25.8 Å². The van der Waals surface area contributed by atoms with Crippen molar-refractivity contribution < 1.29 is 4.74 Å². The van der Waals surface area contributed by atoms with Crippen LogP contribution in [0.25, 0.3) is 0 Å². The van der Waals surface area contributed by atoms with Crippen LogP contribution in [0.4, 0.5) is 0 Å². The van der Waals surface area contributed by atoms with Gasteiger partial charge in [-0.2, -0.15) is 0 Å². The first-order valence-electron chi connectivity index (χ1n) is 5.76. The molecule has 0 radical (unpaired) electrons. The van der Waals surface area contributed by atoms with Gasteiger partial charge in [0.05, 0.1) is 6.10 Å². The van der Waals surface area contributed by atoms with Gasteiger partial charge >= 0.3 is 0 Å². The van der Waals surface area contributed by atoms with Crippen LogP contribution in [0.15, 0.2) is 0 Å². The van der Waals surface area contributed by atoms with Gasteiger partial charge in [0.2, 0.25) is 0 Å². The molecule has 0 aliphatic carbocycles. The fourth-order valence-corrected chi connectivity index (χ4v) is 1.76. The molecule has 78 valence electrons. The summed E-state index contributed by atoms with van der Waals surface area (Å²) in [4.78, 5) is 0. The minimum Gasteiger partial charge on any atom is -0.378 e. The van der Waals surface area contributed by atoms with E-state index in [9.17, 15) is 0 Å². The van der Waals surface area contributed by atoms with E-state index in [1.54, 1.807) is 0 Å². The number of hydrogen-bond donors (Lipinski definition) is 1. The van der Waals surface area contributed by atoms with Crippen molar-refractivity contribution in [2.45, 2.75) is 51.6 Å². The van der Waals surface area contributed by atoms with Crippen molar-refractivity contribution in [2.75, 3.05) is 19.7 Å². The Balaban J connectivity index is 1.98. The van der Waals surface area contributed by atoms with Crippen molar-refractivity contribution in [3.63, 3.8) is 0 Å². The smallest absolute Gasteiger partial charge is 0.0587 e. The van der Waals surface area contributed by atoms with E-state index in [0.29, 0.717) is 6.10 Å². The summed E-state index contributed by atoms with van der Waals surface area (Å²) in [6.07, 6.45) is 8.09. The zero-order valence-corrected chi connectivity index (χ0v) is 8.85. The summed E-state index contributed by atoms with van der Waals surface area (Å²) in [5, 5.41) is 3.40. The van der Waals surface area contributed by atoms with E-state index >= 15 is 0 Å². The summed E-state index contributed by atoms with van der Waals surface area (Å²) in [5.41, 5.74) is 0. The molecule has 1 rings (SSSR count). The molecule has 2 heteroatoms. The third-order valence-electron chi connectivity index (χ3n) is 2.62. The number of hydrogen-bond acceptors (Lipinski definition) is 2. The Morgan fingerprint density at radius 1 is 1.23 bits per heavy atom. The third-order valence-corrected chi connectivity index (χ3v) is 2.62. The molecule has 1 saturated heterocycles. The van der Waals surface area contributed by atoms with E-state index in [-0.39, 0.29) is 0 Å². The zero-order valence-electron chi connectivity index (χ0n) is 8.85. The Labute approximate surface area is 82.0 Å². The van der Waals surface area contributed by atoms with Gasteiger partial charge in [-0.15, -0.1) is 0 Å². The van der Waals surface area contributed by atoms with Crippen molar-refractivity contribution >= 4 is 0 Å². The lowest BCUT2D eigenvalue weighted by atomic mass is 10.1. The maximum atomic E-state index is 5.82. The molecule has 0 aromatic rings. The number of nitrogens with one attached hydrogen (secondary N) is 1. The predicted octanol–water partition coefficient (Wildman–Crippen LogP) is 2.34. The molecule has 1 atom stereocenters. The molecule has 0 amide bonds. The molecule has 1 N–H and O–H groups in total. The molecule has 0 saturated carbocycles. The Kier molecular flexibility index (Phi) is 6.21. The minimum absolute atomic E-state index is 0.534. The molecule has 1 heterocycles. The van der Waals surface area contributed by atoms with Crippen molar-refractivity contribution in [3.05, 3.63) is 0 Å². The first-order chi connectivity index (χ1) is 6.43. The summed E-state index contributed by atoms with van der Waals surface area (Å²) in [7, 11) is 0. The molecule has 0 aromatic carbocycles. The molecule has 0 bridgehead atoms. The van der Waals surface area contributed by atoms with Crippen LogP contribution in [0.3, 0.4) is 0 Å². The average molecular weight is 185 g/mol. The predicted molar refractivity (Wildman–Crippen MR) is 56.0 cm³/mol. The van der Waals surface area contributed by atoms with E-state index in [0.717, 1.165) is 13.2 Å². The Morgan fingerprint density at radius 3 is 3.00 bits per heavy atom. The summed E-state index contributed by atoms with van der Waals surface area (Å²) in [6, 6.07) is 0. The molecule has 2 nitrogen and oxygen atoms in total. The highest BCUT2D eigenvalue weighted by molar-refractivity contribution is 4.66. The van der Waals surface area contributed by atoms with E-state index in [1.165, 1.54) is 45.1 Å². The normalized spacial score (nSPS) is 24.2. The van der Waals surface area contributed by atoms with Gasteiger partial charge in [-0.25, -0.2) is 0 Å². The highest BCUT2D eigenvalue weighted by Crippen LogP contribution is 2.10. The zero-order chi connectivity index (χ0) is 9.36. The van der Waals surface area contributed by atoms with Gasteiger partial charge in [0.25, 0.3) is 0 Å². The van der Waals surface area contributed by atoms with Gasteiger partial charge in [0.15, 0.2) is 0 Å². The number of rotatable bonds is 5.